The number of carboxylic acid groups (broad SMARTS) is 2. The normalized spacial score (nSPS) is 36.3. The van der Waals surface area contributed by atoms with E-state index in [1.54, 1.807) is 48.5 Å². The van der Waals surface area contributed by atoms with Crippen molar-refractivity contribution in [2.75, 3.05) is 52.1 Å². The Morgan fingerprint density at radius 3 is 1.99 bits per heavy atom. The van der Waals surface area contributed by atoms with Crippen molar-refractivity contribution in [3.8, 4) is 0 Å². The average molecular weight is 1260 g/mol. The number of rotatable bonds is 27. The summed E-state index contributed by atoms with van der Waals surface area (Å²) in [6.45, 7) is 20.1. The molecule has 3 saturated heterocycles. The molecule has 27 heteroatoms. The van der Waals surface area contributed by atoms with Crippen LogP contribution in [-0.4, -0.2) is 236 Å². The van der Waals surface area contributed by atoms with Crippen LogP contribution in [0.5, 0.6) is 0 Å². The molecule has 0 aromatic heterocycles. The molecule has 3 heterocycles. The monoisotopic (exact) mass is 1260 g/mol. The van der Waals surface area contributed by atoms with Crippen LogP contribution in [0.3, 0.4) is 0 Å². The number of cyclic esters (lactones) is 1. The molecular weight excluding hydrogens is 1160 g/mol. The first-order chi connectivity index (χ1) is 38.6. The van der Waals surface area contributed by atoms with Gasteiger partial charge in [0.25, 0.3) is 0 Å². The second-order valence-electron chi connectivity index (χ2n) is 24.0. The lowest BCUT2D eigenvalue weighted by Crippen LogP contribution is -2.61. The van der Waals surface area contributed by atoms with Crippen molar-refractivity contribution in [3.05, 3.63) is 0 Å². The number of amides is 2. The molecule has 3 aliphatic heterocycles. The van der Waals surface area contributed by atoms with Gasteiger partial charge < -0.3 is 84.2 Å². The van der Waals surface area contributed by atoms with Gasteiger partial charge in [0.2, 0.25) is 11.8 Å². The summed E-state index contributed by atoms with van der Waals surface area (Å²) in [5.41, 5.74) is -4.72. The second-order valence-corrected chi connectivity index (χ2v) is 29.3. The average Bonchev–Trinajstić information content (AvgIpc) is 3.68. The van der Waals surface area contributed by atoms with Crippen molar-refractivity contribution in [1.82, 2.24) is 20.4 Å². The van der Waals surface area contributed by atoms with E-state index in [-0.39, 0.29) is 48.4 Å². The van der Waals surface area contributed by atoms with E-state index in [4.69, 9.17) is 33.2 Å². The fourth-order valence-electron chi connectivity index (χ4n) is 11.3. The molecule has 8 N–H and O–H groups in total. The van der Waals surface area contributed by atoms with Gasteiger partial charge in [0, 0.05) is 74.8 Å². The zero-order chi connectivity index (χ0) is 62.9. The molecule has 83 heavy (non-hydrogen) atoms. The predicted molar refractivity (Wildman–Crippen MR) is 320 cm³/mol. The molecule has 21 atom stereocenters. The number of aliphatic hydroxyl groups excluding tert-OH is 2. The van der Waals surface area contributed by atoms with Gasteiger partial charge >= 0.3 is 23.9 Å². The Morgan fingerprint density at radius 1 is 0.831 bits per heavy atom. The Morgan fingerprint density at radius 2 is 1.43 bits per heavy atom. The molecule has 0 unspecified atom stereocenters. The third-order valence-corrected chi connectivity index (χ3v) is 21.7. The maximum absolute atomic E-state index is 14.6. The number of carbonyl (C=O) groups excluding carboxylic acids is 4. The van der Waals surface area contributed by atoms with Crippen LogP contribution < -0.4 is 10.6 Å². The number of likely N-dealkylation sites (N-methyl/N-ethyl adjacent to an activating group) is 2. The summed E-state index contributed by atoms with van der Waals surface area (Å²) in [4.78, 5) is 79.4. The number of unbranched alkanes of at least 4 members (excludes halogenated alkanes) is 1. The van der Waals surface area contributed by atoms with Gasteiger partial charge in [-0.2, -0.15) is 0 Å². The van der Waals surface area contributed by atoms with Gasteiger partial charge in [-0.05, 0) is 114 Å². The lowest BCUT2D eigenvalue weighted by atomic mass is 9.77. The molecule has 3 aliphatic rings. The minimum Gasteiger partial charge on any atom is -0.480 e. The van der Waals surface area contributed by atoms with Gasteiger partial charge in [-0.15, -0.1) is 0 Å². The number of carbonyl (C=O) groups is 6. The van der Waals surface area contributed by atoms with Gasteiger partial charge in [0.1, 0.15) is 36.0 Å². The molecule has 0 spiro atoms. The van der Waals surface area contributed by atoms with Gasteiger partial charge in [0.05, 0.1) is 47.6 Å². The van der Waals surface area contributed by atoms with E-state index in [9.17, 15) is 59.4 Å². The molecule has 23 nitrogen and oxygen atoms in total. The Kier molecular flexibility index (Phi) is 31.2. The number of esters is 2. The topological polar surface area (TPSA) is 319 Å². The summed E-state index contributed by atoms with van der Waals surface area (Å²) in [6.07, 6.45) is -7.32. The van der Waals surface area contributed by atoms with E-state index in [0.29, 0.717) is 44.4 Å². The number of aliphatic hydroxyl groups is 4. The van der Waals surface area contributed by atoms with Crippen LogP contribution in [0.2, 0.25) is 0 Å². The molecule has 0 aliphatic carbocycles. The molecule has 0 saturated carbocycles. The van der Waals surface area contributed by atoms with Crippen molar-refractivity contribution in [1.29, 1.82) is 0 Å². The van der Waals surface area contributed by atoms with Crippen LogP contribution >= 0.6 is 43.2 Å². The van der Waals surface area contributed by atoms with Crippen molar-refractivity contribution >= 4 is 78.9 Å². The third-order valence-electron chi connectivity index (χ3n) is 16.2. The van der Waals surface area contributed by atoms with Gasteiger partial charge in [0.15, 0.2) is 18.7 Å². The van der Waals surface area contributed by atoms with E-state index in [2.05, 4.69) is 10.6 Å². The molecule has 0 aromatic carbocycles. The van der Waals surface area contributed by atoms with Gasteiger partial charge in [-0.3, -0.25) is 19.2 Å². The number of nitrogens with one attached hydrogen (secondary N) is 2. The fourth-order valence-corrected chi connectivity index (χ4v) is 16.7. The molecule has 2 amide bonds. The predicted octanol–water partition coefficient (Wildman–Crippen LogP) is 4.71. The quantitative estimate of drug-likeness (QED) is 0.0314. The highest BCUT2D eigenvalue weighted by Crippen LogP contribution is 2.41. The van der Waals surface area contributed by atoms with Crippen molar-refractivity contribution in [2.45, 2.75) is 249 Å². The summed E-state index contributed by atoms with van der Waals surface area (Å²) in [7, 11) is 12.6. The number of methoxy groups -OCH3 is 1. The van der Waals surface area contributed by atoms with E-state index >= 15 is 0 Å². The van der Waals surface area contributed by atoms with Crippen LogP contribution in [0.25, 0.3) is 0 Å². The fraction of sp³-hybridized carbons (Fsp3) is 0.893. The summed E-state index contributed by atoms with van der Waals surface area (Å²) in [5, 5.41) is 72.0. The highest BCUT2D eigenvalue weighted by atomic mass is 33.1. The molecule has 482 valence electrons. The Hall–Kier alpha value is -2.22. The first kappa shape index (κ1) is 75.0. The van der Waals surface area contributed by atoms with Crippen molar-refractivity contribution in [3.63, 3.8) is 0 Å². The van der Waals surface area contributed by atoms with E-state index < -0.39 is 150 Å². The standard InChI is InChI=1S/C56H100N4O19S4/c1-17-42-56(12,72)47(64)34(6)60(15)27-30(2)25-54(10,71)49(32(4)45(33(5)52(70)76-42)78-44-26-55(11,73-16)48(65)35(7)75-44)79-53-46(41(59(13)14)24-31(3)74-53)77-43(63)21-19-18-20-38(83-82-29-40(51(68)69)58-37(9)62)22-23-80-81-28-39(50(66)67)57-36(8)61/h30-35,38-42,44-49,53,64-65,71-72H,17-29H2,1-16H3,(H,57,61)(H,58,62)(H,66,67)(H,68,69)/t30-,31-,32+,33-,34-,35+,38-,39+,40+,41+,42-,44+,45+,46-,47-,48+,49-,53+,54-,55-,56-/m1/s1. The maximum atomic E-state index is 14.6. The van der Waals surface area contributed by atoms with E-state index in [1.165, 1.54) is 71.1 Å². The lowest BCUT2D eigenvalue weighted by Gasteiger charge is -2.49. The number of ether oxygens (including phenoxy) is 7. The molecule has 3 rings (SSSR count). The SMILES string of the molecule is CC[C@H]1OC(=O)[C@H](C)[C@@H](O[C@H]2C[C@@](C)(OC)[C@@H](O)[C@H](C)O2)[C@H](C)[C@@H](O[C@@H]2O[C@H](C)C[C@H](N(C)C)[C@H]2OC(=O)CCCC[C@H](CCSSC[C@H](NC(C)=O)C(=O)O)SSC[C@H](NC(C)=O)C(=O)O)[C@](C)(O)C[C@@H](C)CN(C)[C@H](C)[C@@H](O)[C@]1(C)O. The molecule has 0 aromatic rings. The Labute approximate surface area is 507 Å². The number of nitrogens with zero attached hydrogens (tertiary/aromatic N) is 2. The molecule has 3 fully saturated rings. The van der Waals surface area contributed by atoms with Crippen molar-refractivity contribution in [2.24, 2.45) is 17.8 Å². The largest absolute Gasteiger partial charge is 0.480 e. The minimum atomic E-state index is -1.89. The number of hydrogen-bond donors (Lipinski definition) is 8. The number of hydrogen-bond acceptors (Lipinski definition) is 23. The van der Waals surface area contributed by atoms with Crippen LogP contribution in [0, 0.1) is 17.8 Å². The van der Waals surface area contributed by atoms with Crippen LogP contribution in [0.15, 0.2) is 0 Å². The highest BCUT2D eigenvalue weighted by molar-refractivity contribution is 8.77. The number of aliphatic carboxylic acids is 2. The molecular formula is C56H100N4O19S4. The van der Waals surface area contributed by atoms with Crippen LogP contribution in [0.1, 0.15) is 141 Å². The van der Waals surface area contributed by atoms with Gasteiger partial charge in [-0.25, -0.2) is 9.59 Å². The summed E-state index contributed by atoms with van der Waals surface area (Å²) in [5.74, 6) is -5.93. The molecule has 0 bridgehead atoms. The van der Waals surface area contributed by atoms with Crippen molar-refractivity contribution < 1.29 is 92.6 Å². The summed E-state index contributed by atoms with van der Waals surface area (Å²) in [6, 6.07) is -3.19. The lowest BCUT2D eigenvalue weighted by molar-refractivity contribution is -0.319. The Balaban J connectivity index is 2.00. The zero-order valence-corrected chi connectivity index (χ0v) is 54.9. The summed E-state index contributed by atoms with van der Waals surface area (Å²) >= 11 is 0. The smallest absolute Gasteiger partial charge is 0.327 e. The van der Waals surface area contributed by atoms with E-state index in [0.717, 1.165) is 0 Å². The maximum Gasteiger partial charge on any atom is 0.327 e. The first-order valence-corrected chi connectivity index (χ1v) is 33.7. The summed E-state index contributed by atoms with van der Waals surface area (Å²) < 4.78 is 45.2. The van der Waals surface area contributed by atoms with Gasteiger partial charge in [-0.1, -0.05) is 70.4 Å². The Bertz CT molecular complexity index is 2070. The molecule has 0 radical (unpaired) electrons. The second kappa shape index (κ2) is 34.5. The minimum absolute atomic E-state index is 0.0170. The van der Waals surface area contributed by atoms with Crippen LogP contribution in [0.4, 0.5) is 0 Å². The third kappa shape index (κ3) is 22.7. The van der Waals surface area contributed by atoms with Crippen LogP contribution in [-0.2, 0) is 61.9 Å². The first-order valence-electron chi connectivity index (χ1n) is 28.9. The number of carboxylic acids is 2. The zero-order valence-electron chi connectivity index (χ0n) is 51.6. The highest BCUT2D eigenvalue weighted by Gasteiger charge is 2.53. The van der Waals surface area contributed by atoms with E-state index in [1.807, 2.05) is 44.8 Å².